The number of Topliss-reactive ketones (excluding diaryl/α,β-unsaturated/α-hetero) is 1. The second kappa shape index (κ2) is 5.40. The monoisotopic (exact) mass is 252 g/mol. The van der Waals surface area contributed by atoms with E-state index >= 15 is 0 Å². The van der Waals surface area contributed by atoms with Gasteiger partial charge in [0, 0.05) is 11.8 Å². The van der Waals surface area contributed by atoms with Gasteiger partial charge in [0.25, 0.3) is 0 Å². The van der Waals surface area contributed by atoms with E-state index < -0.39 is 5.41 Å². The summed E-state index contributed by atoms with van der Waals surface area (Å²) in [7, 11) is 0. The van der Waals surface area contributed by atoms with Crippen molar-refractivity contribution in [2.75, 3.05) is 0 Å². The van der Waals surface area contributed by atoms with Crippen LogP contribution in [0, 0.1) is 6.92 Å². The van der Waals surface area contributed by atoms with E-state index in [1.54, 1.807) is 0 Å². The Hall–Kier alpha value is -1.89. The van der Waals surface area contributed by atoms with Crippen LogP contribution in [0.2, 0.25) is 0 Å². The summed E-state index contributed by atoms with van der Waals surface area (Å²) in [4.78, 5) is 12.5. The number of aryl methyl sites for hydroxylation is 1. The maximum Gasteiger partial charge on any atom is 0.147 e. The van der Waals surface area contributed by atoms with E-state index in [-0.39, 0.29) is 5.78 Å². The van der Waals surface area contributed by atoms with Crippen molar-refractivity contribution in [3.05, 3.63) is 71.3 Å². The normalized spacial score (nSPS) is 11.3. The van der Waals surface area contributed by atoms with Crippen molar-refractivity contribution in [1.29, 1.82) is 0 Å². The Labute approximate surface area is 115 Å². The van der Waals surface area contributed by atoms with E-state index in [0.717, 1.165) is 11.1 Å². The minimum Gasteiger partial charge on any atom is -0.298 e. The number of rotatable bonds is 4. The zero-order valence-corrected chi connectivity index (χ0v) is 11.8. The van der Waals surface area contributed by atoms with Crippen LogP contribution in [-0.2, 0) is 16.6 Å². The third kappa shape index (κ3) is 3.11. The summed E-state index contributed by atoms with van der Waals surface area (Å²) in [5.74, 6) is 0.252. The Morgan fingerprint density at radius 3 is 2.11 bits per heavy atom. The second-order valence-corrected chi connectivity index (χ2v) is 5.58. The quantitative estimate of drug-likeness (QED) is 0.801. The highest BCUT2D eigenvalue weighted by Gasteiger charge is 2.28. The Bertz CT molecular complexity index is 550. The van der Waals surface area contributed by atoms with Gasteiger partial charge in [0.15, 0.2) is 0 Å². The third-order valence-corrected chi connectivity index (χ3v) is 3.68. The number of carbonyl (C=O) groups excluding carboxylic acids is 1. The maximum absolute atomic E-state index is 12.5. The standard InChI is InChI=1S/C18H20O/c1-14-9-11-15(12-10-14)13-17(19)18(2,3)16-7-5-4-6-8-16/h4-12H,13H2,1-3H3. The molecular weight excluding hydrogens is 232 g/mol. The van der Waals surface area contributed by atoms with Gasteiger partial charge in [-0.15, -0.1) is 0 Å². The van der Waals surface area contributed by atoms with Gasteiger partial charge in [-0.2, -0.15) is 0 Å². The lowest BCUT2D eigenvalue weighted by Gasteiger charge is -2.23. The fourth-order valence-corrected chi connectivity index (χ4v) is 2.13. The lowest BCUT2D eigenvalue weighted by atomic mass is 9.78. The fourth-order valence-electron chi connectivity index (χ4n) is 2.13. The lowest BCUT2D eigenvalue weighted by molar-refractivity contribution is -0.122. The molecule has 0 saturated heterocycles. The minimum atomic E-state index is -0.438. The Kier molecular flexibility index (Phi) is 3.84. The summed E-state index contributed by atoms with van der Waals surface area (Å²) < 4.78 is 0. The van der Waals surface area contributed by atoms with Crippen LogP contribution in [-0.4, -0.2) is 5.78 Å². The largest absolute Gasteiger partial charge is 0.298 e. The van der Waals surface area contributed by atoms with Gasteiger partial charge < -0.3 is 0 Å². The number of carbonyl (C=O) groups is 1. The predicted molar refractivity (Wildman–Crippen MR) is 79.4 cm³/mol. The first-order valence-electron chi connectivity index (χ1n) is 6.64. The van der Waals surface area contributed by atoms with Crippen molar-refractivity contribution in [2.45, 2.75) is 32.6 Å². The number of benzene rings is 2. The molecular formula is C18H20O. The topological polar surface area (TPSA) is 17.1 Å². The first kappa shape index (κ1) is 13.5. The van der Waals surface area contributed by atoms with Crippen LogP contribution < -0.4 is 0 Å². The van der Waals surface area contributed by atoms with Crippen molar-refractivity contribution in [3.8, 4) is 0 Å². The van der Waals surface area contributed by atoms with Crippen LogP contribution in [0.5, 0.6) is 0 Å². The van der Waals surface area contributed by atoms with Gasteiger partial charge in [-0.05, 0) is 31.9 Å². The molecule has 0 amide bonds. The molecule has 0 radical (unpaired) electrons. The van der Waals surface area contributed by atoms with E-state index in [4.69, 9.17) is 0 Å². The predicted octanol–water partition coefficient (Wildman–Crippen LogP) is 4.08. The minimum absolute atomic E-state index is 0.252. The van der Waals surface area contributed by atoms with Crippen molar-refractivity contribution in [3.63, 3.8) is 0 Å². The molecule has 0 atom stereocenters. The van der Waals surface area contributed by atoms with E-state index in [1.807, 2.05) is 56.3 Å². The van der Waals surface area contributed by atoms with Gasteiger partial charge in [0.05, 0.1) is 0 Å². The molecule has 0 bridgehead atoms. The maximum atomic E-state index is 12.5. The van der Waals surface area contributed by atoms with Crippen molar-refractivity contribution >= 4 is 5.78 Å². The Balaban J connectivity index is 2.17. The molecule has 0 saturated carbocycles. The van der Waals surface area contributed by atoms with E-state index in [1.165, 1.54) is 5.56 Å². The Morgan fingerprint density at radius 2 is 1.53 bits per heavy atom. The lowest BCUT2D eigenvalue weighted by Crippen LogP contribution is -2.30. The van der Waals surface area contributed by atoms with Gasteiger partial charge in [0.2, 0.25) is 0 Å². The first-order chi connectivity index (χ1) is 9.00. The van der Waals surface area contributed by atoms with Crippen LogP contribution in [0.3, 0.4) is 0 Å². The molecule has 0 aliphatic carbocycles. The highest BCUT2D eigenvalue weighted by Crippen LogP contribution is 2.25. The molecule has 0 heterocycles. The van der Waals surface area contributed by atoms with Gasteiger partial charge >= 0.3 is 0 Å². The summed E-state index contributed by atoms with van der Waals surface area (Å²) in [6, 6.07) is 18.2. The average molecular weight is 252 g/mol. The Morgan fingerprint density at radius 1 is 0.947 bits per heavy atom. The van der Waals surface area contributed by atoms with Crippen LogP contribution in [0.4, 0.5) is 0 Å². The highest BCUT2D eigenvalue weighted by molar-refractivity contribution is 5.91. The molecule has 98 valence electrons. The van der Waals surface area contributed by atoms with Gasteiger partial charge in [0.1, 0.15) is 5.78 Å². The average Bonchev–Trinajstić information content (AvgIpc) is 2.42. The molecule has 19 heavy (non-hydrogen) atoms. The molecule has 2 aromatic carbocycles. The number of hydrogen-bond donors (Lipinski definition) is 0. The van der Waals surface area contributed by atoms with Gasteiger partial charge in [-0.1, -0.05) is 60.2 Å². The SMILES string of the molecule is Cc1ccc(CC(=O)C(C)(C)c2ccccc2)cc1. The van der Waals surface area contributed by atoms with Gasteiger partial charge in [-0.3, -0.25) is 4.79 Å². The molecule has 0 aliphatic rings. The number of hydrogen-bond acceptors (Lipinski definition) is 1. The van der Waals surface area contributed by atoms with E-state index in [2.05, 4.69) is 19.1 Å². The first-order valence-corrected chi connectivity index (χ1v) is 6.64. The molecule has 1 heteroatoms. The highest BCUT2D eigenvalue weighted by atomic mass is 16.1. The van der Waals surface area contributed by atoms with Crippen LogP contribution >= 0.6 is 0 Å². The van der Waals surface area contributed by atoms with E-state index in [9.17, 15) is 4.79 Å². The second-order valence-electron chi connectivity index (χ2n) is 5.58. The summed E-state index contributed by atoms with van der Waals surface area (Å²) in [5, 5.41) is 0. The van der Waals surface area contributed by atoms with Crippen molar-refractivity contribution in [1.82, 2.24) is 0 Å². The molecule has 2 aromatic rings. The third-order valence-electron chi connectivity index (χ3n) is 3.68. The fraction of sp³-hybridized carbons (Fsp3) is 0.278. The van der Waals surface area contributed by atoms with Crippen molar-refractivity contribution in [2.24, 2.45) is 0 Å². The number of ketones is 1. The molecule has 0 fully saturated rings. The molecule has 0 N–H and O–H groups in total. The van der Waals surface area contributed by atoms with Crippen LogP contribution in [0.15, 0.2) is 54.6 Å². The molecule has 2 rings (SSSR count). The van der Waals surface area contributed by atoms with Crippen LogP contribution in [0.1, 0.15) is 30.5 Å². The molecule has 0 spiro atoms. The zero-order valence-electron chi connectivity index (χ0n) is 11.8. The van der Waals surface area contributed by atoms with Gasteiger partial charge in [-0.25, -0.2) is 0 Å². The summed E-state index contributed by atoms with van der Waals surface area (Å²) in [5.41, 5.74) is 2.94. The van der Waals surface area contributed by atoms with E-state index in [0.29, 0.717) is 6.42 Å². The smallest absolute Gasteiger partial charge is 0.147 e. The summed E-state index contributed by atoms with van der Waals surface area (Å²) in [6.07, 6.45) is 0.488. The van der Waals surface area contributed by atoms with Crippen molar-refractivity contribution < 1.29 is 4.79 Å². The summed E-state index contributed by atoms with van der Waals surface area (Å²) in [6.45, 7) is 6.05. The zero-order chi connectivity index (χ0) is 13.9. The molecule has 0 unspecified atom stereocenters. The van der Waals surface area contributed by atoms with Crippen LogP contribution in [0.25, 0.3) is 0 Å². The summed E-state index contributed by atoms with van der Waals surface area (Å²) >= 11 is 0. The molecule has 0 aliphatic heterocycles. The molecule has 0 aromatic heterocycles. The molecule has 1 nitrogen and oxygen atoms in total.